The first-order valence-electron chi connectivity index (χ1n) is 24.3. The Morgan fingerprint density at radius 1 is 0.600 bits per heavy atom. The first-order chi connectivity index (χ1) is 31.9. The number of para-hydroxylation sites is 1. The Bertz CT molecular complexity index is 3930. The predicted molar refractivity (Wildman–Crippen MR) is 225 cm³/mol. The normalized spacial score (nSPS) is 16.0. The average Bonchev–Trinajstić information content (AvgIpc) is 3.97. The van der Waals surface area contributed by atoms with Crippen LogP contribution in [0.1, 0.15) is 71.9 Å². The van der Waals surface area contributed by atoms with Crippen LogP contribution in [0.4, 0.5) is 0 Å². The molecule has 5 aromatic heterocycles. The number of hydrogen-bond acceptors (Lipinski definition) is 4. The van der Waals surface area contributed by atoms with Gasteiger partial charge in [-0.1, -0.05) is 94.9 Å². The summed E-state index contributed by atoms with van der Waals surface area (Å²) in [5, 5.41) is 0.370. The maximum atomic E-state index is 9.57. The van der Waals surface area contributed by atoms with Crippen molar-refractivity contribution < 1.29 is 45.0 Å². The van der Waals surface area contributed by atoms with Gasteiger partial charge in [0, 0.05) is 52.3 Å². The van der Waals surface area contributed by atoms with Crippen LogP contribution in [0.25, 0.3) is 75.4 Å². The first kappa shape index (κ1) is 22.9. The fourth-order valence-corrected chi connectivity index (χ4v) is 7.82. The van der Waals surface area contributed by atoms with Gasteiger partial charge in [-0.25, -0.2) is 9.97 Å². The second-order valence-corrected chi connectivity index (χ2v) is 16.2. The van der Waals surface area contributed by atoms with Gasteiger partial charge in [-0.3, -0.25) is 0 Å². The topological polar surface area (TPSA) is 44.9 Å². The second-order valence-electron chi connectivity index (χ2n) is 15.1. The molecule has 10 rings (SSSR count). The molecule has 0 N–H and O–H groups in total. The van der Waals surface area contributed by atoms with E-state index >= 15 is 0 Å². The van der Waals surface area contributed by atoms with Gasteiger partial charge >= 0.3 is 21.1 Å². The Morgan fingerprint density at radius 2 is 1.15 bits per heavy atom. The zero-order valence-electron chi connectivity index (χ0n) is 44.4. The molecule has 0 spiro atoms. The molecule has 0 saturated carbocycles. The van der Waals surface area contributed by atoms with Gasteiger partial charge in [-0.2, -0.15) is 12.1 Å². The Balaban J connectivity index is 0.00000593. The van der Waals surface area contributed by atoms with Gasteiger partial charge in [0.1, 0.15) is 11.6 Å². The van der Waals surface area contributed by atoms with Gasteiger partial charge in [-0.15, -0.1) is 46.3 Å². The van der Waals surface area contributed by atoms with Crippen LogP contribution in [0.2, 0.25) is 0 Å². The van der Waals surface area contributed by atoms with Crippen molar-refractivity contribution in [2.45, 2.75) is 52.4 Å². The summed E-state index contributed by atoms with van der Waals surface area (Å²) in [7, 11) is 0. The predicted octanol–water partition coefficient (Wildman–Crippen LogP) is 13.0. The van der Waals surface area contributed by atoms with E-state index in [9.17, 15) is 8.22 Å². The molecule has 5 heterocycles. The molecule has 10 aromatic rings. The molecule has 272 valence electrons. The zero-order valence-corrected chi connectivity index (χ0v) is 33.5. The van der Waals surface area contributed by atoms with Gasteiger partial charge in [0.2, 0.25) is 0 Å². The van der Waals surface area contributed by atoms with E-state index in [-0.39, 0.29) is 126 Å². The zero-order chi connectivity index (χ0) is 49.1. The molecule has 5 nitrogen and oxygen atoms in total. The number of nitrogens with zero attached hydrogens (tertiary/aromatic N) is 4. The molecular formula is C48H38N4OPtS. The van der Waals surface area contributed by atoms with Crippen LogP contribution in [0.15, 0.2) is 121 Å². The van der Waals surface area contributed by atoms with E-state index in [0.717, 1.165) is 22.5 Å². The first-order valence-corrected chi connectivity index (χ1v) is 18.1. The van der Waals surface area contributed by atoms with Crippen molar-refractivity contribution in [1.82, 2.24) is 19.1 Å². The molecule has 0 amide bonds. The van der Waals surface area contributed by atoms with Crippen molar-refractivity contribution in [3.63, 3.8) is 0 Å². The summed E-state index contributed by atoms with van der Waals surface area (Å²) < 4.78 is 136. The third-order valence-electron chi connectivity index (χ3n) is 9.60. The van der Waals surface area contributed by atoms with Gasteiger partial charge in [-0.05, 0) is 77.9 Å². The monoisotopic (exact) mass is 927 g/mol. The van der Waals surface area contributed by atoms with Gasteiger partial charge in [0.05, 0.1) is 19.2 Å². The minimum absolute atomic E-state index is 0. The van der Waals surface area contributed by atoms with Crippen LogP contribution in [0, 0.1) is 12.1 Å². The molecular weight excluding hydrogens is 876 g/mol. The number of ether oxygens (including phenoxy) is 1. The SMILES string of the molecule is [2H]c1c([2H])c([2H])c2c(sc3c([2H])c([2H])c4c5c([2H])c([2H])c(Oc6[c-]c7c(c([2H])c6[2H])c6c([2H])c([2H])c([2H])c([2H])c6n7-c6cc(C(C)(C)C)ccn6)[c-]c5n(-c5cc(C(C)(C)C)ccn5)c4c32)c1[2H].[Pt+2]. The third-order valence-corrected chi connectivity index (χ3v) is 10.6. The fourth-order valence-electron chi connectivity index (χ4n) is 6.85. The molecule has 0 aliphatic carbocycles. The standard InChI is InChI=1S/C48H38N4OS.Pt/c1-47(2,3)29-21-23-49-43(25-29)51-38-13-9-7-11-33(38)34-17-15-31(27-39(34)51)53-32-16-18-35-36-19-20-42-45(37-12-8-10-14-41(37)54-42)46(36)52(40(35)28-32)44-26-30(22-24-50-44)48(4,5)6;/h7-26H,1-6H3;/q-2;+2/i7D,8D,9D,10D,11D,12D,13D,14D,15D,16D,17D,18D,19D,20D;. The minimum Gasteiger partial charge on any atom is -0.509 e. The van der Waals surface area contributed by atoms with E-state index in [2.05, 4.69) is 17.1 Å². The molecule has 0 unspecified atom stereocenters. The molecule has 0 atom stereocenters. The number of pyridine rings is 2. The summed E-state index contributed by atoms with van der Waals surface area (Å²) in [6.07, 6.45) is 3.17. The van der Waals surface area contributed by atoms with E-state index in [1.165, 1.54) is 4.57 Å². The Kier molecular flexibility index (Phi) is 5.38. The van der Waals surface area contributed by atoms with Crippen LogP contribution in [0.3, 0.4) is 0 Å². The van der Waals surface area contributed by atoms with Crippen LogP contribution in [0.5, 0.6) is 11.5 Å². The van der Waals surface area contributed by atoms with Crippen molar-refractivity contribution in [3.05, 3.63) is 145 Å². The molecule has 55 heavy (non-hydrogen) atoms. The van der Waals surface area contributed by atoms with E-state index in [4.69, 9.17) is 20.7 Å². The van der Waals surface area contributed by atoms with Gasteiger partial charge < -0.3 is 13.9 Å². The summed E-state index contributed by atoms with van der Waals surface area (Å²) in [6, 6.07) is 7.31. The van der Waals surface area contributed by atoms with Crippen molar-refractivity contribution in [2.75, 3.05) is 0 Å². The number of rotatable bonds is 4. The maximum absolute atomic E-state index is 9.57. The Labute approximate surface area is 358 Å². The summed E-state index contributed by atoms with van der Waals surface area (Å²) in [6.45, 7) is 12.0. The number of fused-ring (bicyclic) bond motifs is 10. The molecule has 0 fully saturated rings. The smallest absolute Gasteiger partial charge is 0.509 e. The molecule has 0 aliphatic rings. The molecule has 5 aromatic carbocycles. The van der Waals surface area contributed by atoms with E-state index in [1.807, 2.05) is 59.7 Å². The van der Waals surface area contributed by atoms with Gasteiger partial charge in [0.25, 0.3) is 0 Å². The third kappa shape index (κ3) is 5.77. The van der Waals surface area contributed by atoms with Crippen molar-refractivity contribution in [3.8, 4) is 23.1 Å². The summed E-state index contributed by atoms with van der Waals surface area (Å²) in [4.78, 5) is 9.33. The molecule has 7 heteroatoms. The summed E-state index contributed by atoms with van der Waals surface area (Å²) in [5.74, 6) is -0.277. The van der Waals surface area contributed by atoms with Crippen molar-refractivity contribution in [1.29, 1.82) is 0 Å². The molecule has 0 saturated heterocycles. The van der Waals surface area contributed by atoms with Crippen molar-refractivity contribution in [2.24, 2.45) is 0 Å². The van der Waals surface area contributed by atoms with E-state index in [1.54, 1.807) is 23.0 Å². The number of thiophene rings is 1. The van der Waals surface area contributed by atoms with Crippen LogP contribution >= 0.6 is 11.3 Å². The van der Waals surface area contributed by atoms with E-state index < -0.39 is 77.3 Å². The summed E-state index contributed by atoms with van der Waals surface area (Å²) in [5.41, 5.74) is 1.24. The van der Waals surface area contributed by atoms with E-state index in [0.29, 0.717) is 0 Å². The number of aromatic nitrogens is 4. The average molecular weight is 928 g/mol. The fraction of sp³-hybridized carbons (Fsp3) is 0.167. The van der Waals surface area contributed by atoms with Crippen LogP contribution in [-0.2, 0) is 31.9 Å². The minimum atomic E-state index is -0.548. The van der Waals surface area contributed by atoms with Crippen LogP contribution < -0.4 is 4.74 Å². The Morgan fingerprint density at radius 3 is 1.80 bits per heavy atom. The summed E-state index contributed by atoms with van der Waals surface area (Å²) >= 11 is 0.960. The number of benzene rings is 5. The van der Waals surface area contributed by atoms with Crippen LogP contribution in [-0.4, -0.2) is 19.1 Å². The molecule has 0 aliphatic heterocycles. The molecule has 0 bridgehead atoms. The largest absolute Gasteiger partial charge is 2.00 e. The quantitative estimate of drug-likeness (QED) is 0.165. The van der Waals surface area contributed by atoms with Gasteiger partial charge in [0.15, 0.2) is 0 Å². The van der Waals surface area contributed by atoms with Crippen molar-refractivity contribution >= 4 is 75.1 Å². The molecule has 0 radical (unpaired) electrons. The Hall–Kier alpha value is -5.29. The number of hydrogen-bond donors (Lipinski definition) is 0. The second kappa shape index (κ2) is 12.9. The maximum Gasteiger partial charge on any atom is 2.00 e.